The normalized spacial score (nSPS) is 11.6. The number of ether oxygens (including phenoxy) is 1. The number of nitrogens with one attached hydrogen (secondary N) is 2. The van der Waals surface area contributed by atoms with Crippen LogP contribution >= 0.6 is 0 Å². The van der Waals surface area contributed by atoms with E-state index in [1.165, 1.54) is 0 Å². The van der Waals surface area contributed by atoms with E-state index >= 15 is 0 Å². The lowest BCUT2D eigenvalue weighted by atomic mass is 10.2. The molecule has 1 atom stereocenters. The van der Waals surface area contributed by atoms with Gasteiger partial charge in [-0.2, -0.15) is 9.59 Å². The highest BCUT2D eigenvalue weighted by Gasteiger charge is 2.18. The summed E-state index contributed by atoms with van der Waals surface area (Å²) in [6, 6.07) is -0.137. The molecule has 0 aromatic carbocycles. The Bertz CT molecular complexity index is 389. The molecule has 0 spiro atoms. The van der Waals surface area contributed by atoms with Crippen molar-refractivity contribution in [1.82, 2.24) is 15.3 Å². The van der Waals surface area contributed by atoms with Crippen LogP contribution in [0.5, 0.6) is 0 Å². The van der Waals surface area contributed by atoms with Crippen molar-refractivity contribution in [3.05, 3.63) is 18.2 Å². The number of alkyl carbamates (subject to hydrolysis) is 1. The largest absolute Gasteiger partial charge is 0.444 e. The van der Waals surface area contributed by atoms with Crippen LogP contribution in [-0.4, -0.2) is 27.8 Å². The van der Waals surface area contributed by atoms with Crippen LogP contribution in [0.15, 0.2) is 12.5 Å². The van der Waals surface area contributed by atoms with Crippen molar-refractivity contribution >= 4 is 12.2 Å². The highest BCUT2D eigenvalue weighted by Crippen LogP contribution is 2.10. The minimum absolute atomic E-state index is 0.137. The van der Waals surface area contributed by atoms with E-state index in [0.29, 0.717) is 0 Å². The van der Waals surface area contributed by atoms with Crippen LogP contribution in [-0.2, 0) is 14.3 Å². The molecular formula is C11H17N3O4. The molecule has 0 aliphatic heterocycles. The van der Waals surface area contributed by atoms with E-state index in [4.69, 9.17) is 14.3 Å². The quantitative estimate of drug-likeness (QED) is 0.832. The Morgan fingerprint density at radius 3 is 2.44 bits per heavy atom. The highest BCUT2D eigenvalue weighted by molar-refractivity contribution is 5.68. The summed E-state index contributed by atoms with van der Waals surface area (Å²) in [5.74, 6) is 0. The summed E-state index contributed by atoms with van der Waals surface area (Å²) in [5.41, 5.74) is 0.374. The first-order valence-corrected chi connectivity index (χ1v) is 5.27. The van der Waals surface area contributed by atoms with Crippen molar-refractivity contribution in [2.75, 3.05) is 0 Å². The molecular weight excluding hydrogens is 238 g/mol. The molecule has 0 bridgehead atoms. The van der Waals surface area contributed by atoms with Crippen LogP contribution in [0.25, 0.3) is 0 Å². The van der Waals surface area contributed by atoms with Crippen LogP contribution in [0.2, 0.25) is 0 Å². The van der Waals surface area contributed by atoms with E-state index in [1.54, 1.807) is 12.5 Å². The molecule has 0 aliphatic rings. The molecule has 7 heteroatoms. The van der Waals surface area contributed by atoms with Crippen LogP contribution in [0.3, 0.4) is 0 Å². The highest BCUT2D eigenvalue weighted by atomic mass is 16.6. The number of carbonyl (C=O) groups excluding carboxylic acids is 3. The fraction of sp³-hybridized carbons (Fsp3) is 0.545. The number of aromatic nitrogens is 2. The van der Waals surface area contributed by atoms with Gasteiger partial charge in [0.1, 0.15) is 5.60 Å². The molecule has 0 saturated carbocycles. The topological polar surface area (TPSA) is 101 Å². The molecule has 1 amide bonds. The number of carbonyl (C=O) groups is 1. The van der Waals surface area contributed by atoms with Gasteiger partial charge in [-0.15, -0.1) is 0 Å². The molecule has 1 aromatic heterocycles. The second-order valence-corrected chi connectivity index (χ2v) is 4.46. The monoisotopic (exact) mass is 255 g/mol. The molecule has 18 heavy (non-hydrogen) atoms. The Morgan fingerprint density at radius 2 is 2.06 bits per heavy atom. The maximum Gasteiger partial charge on any atom is 0.408 e. The van der Waals surface area contributed by atoms with Crippen molar-refractivity contribution in [2.45, 2.75) is 39.3 Å². The number of hydrogen-bond donors (Lipinski definition) is 2. The molecule has 0 saturated heterocycles. The van der Waals surface area contributed by atoms with Crippen LogP contribution in [0.1, 0.15) is 39.4 Å². The fourth-order valence-electron chi connectivity index (χ4n) is 1.07. The van der Waals surface area contributed by atoms with Crippen molar-refractivity contribution in [3.8, 4) is 0 Å². The third kappa shape index (κ3) is 7.19. The second kappa shape index (κ2) is 7.24. The minimum atomic E-state index is -0.474. The van der Waals surface area contributed by atoms with E-state index in [0.717, 1.165) is 5.69 Å². The van der Waals surface area contributed by atoms with E-state index in [2.05, 4.69) is 15.3 Å². The predicted octanol–water partition coefficient (Wildman–Crippen LogP) is 1.41. The first-order valence-electron chi connectivity index (χ1n) is 5.27. The van der Waals surface area contributed by atoms with Gasteiger partial charge in [0.15, 0.2) is 0 Å². The zero-order chi connectivity index (χ0) is 14.2. The summed E-state index contributed by atoms with van der Waals surface area (Å²) in [5, 5.41) is 2.71. The van der Waals surface area contributed by atoms with Crippen LogP contribution in [0.4, 0.5) is 4.79 Å². The molecule has 0 fully saturated rings. The van der Waals surface area contributed by atoms with E-state index < -0.39 is 11.7 Å². The van der Waals surface area contributed by atoms with E-state index in [9.17, 15) is 4.79 Å². The average molecular weight is 255 g/mol. The van der Waals surface area contributed by atoms with E-state index in [-0.39, 0.29) is 12.2 Å². The number of aromatic amines is 1. The summed E-state index contributed by atoms with van der Waals surface area (Å²) >= 11 is 0. The molecule has 1 rings (SSSR count). The Balaban J connectivity index is 0.000000873. The number of amides is 1. The summed E-state index contributed by atoms with van der Waals surface area (Å²) in [4.78, 5) is 34.4. The number of nitrogens with zero attached hydrogens (tertiary/aromatic N) is 1. The van der Waals surface area contributed by atoms with Gasteiger partial charge in [-0.3, -0.25) is 0 Å². The second-order valence-electron chi connectivity index (χ2n) is 4.46. The van der Waals surface area contributed by atoms with Gasteiger partial charge in [-0.05, 0) is 27.7 Å². The maximum atomic E-state index is 11.4. The van der Waals surface area contributed by atoms with Gasteiger partial charge in [0.25, 0.3) is 0 Å². The molecule has 1 unspecified atom stereocenters. The predicted molar refractivity (Wildman–Crippen MR) is 61.4 cm³/mol. The van der Waals surface area contributed by atoms with Crippen LogP contribution in [0, 0.1) is 0 Å². The fourth-order valence-corrected chi connectivity index (χ4v) is 1.07. The zero-order valence-corrected chi connectivity index (χ0v) is 10.8. The molecule has 0 radical (unpaired) electrons. The lowest BCUT2D eigenvalue weighted by Gasteiger charge is -2.21. The Labute approximate surface area is 105 Å². The summed E-state index contributed by atoms with van der Waals surface area (Å²) in [7, 11) is 0. The van der Waals surface area contributed by atoms with E-state index in [1.807, 2.05) is 27.7 Å². The molecule has 2 N–H and O–H groups in total. The molecule has 1 aromatic rings. The van der Waals surface area contributed by atoms with Crippen molar-refractivity contribution in [2.24, 2.45) is 0 Å². The van der Waals surface area contributed by atoms with Gasteiger partial charge in [0.2, 0.25) is 0 Å². The summed E-state index contributed by atoms with van der Waals surface area (Å²) in [6.45, 7) is 7.34. The third-order valence-electron chi connectivity index (χ3n) is 1.72. The van der Waals surface area contributed by atoms with Crippen molar-refractivity contribution in [1.29, 1.82) is 0 Å². The minimum Gasteiger partial charge on any atom is -0.444 e. The van der Waals surface area contributed by atoms with Gasteiger partial charge in [-0.25, -0.2) is 9.78 Å². The van der Waals surface area contributed by atoms with Gasteiger partial charge in [-0.1, -0.05) is 0 Å². The van der Waals surface area contributed by atoms with Gasteiger partial charge < -0.3 is 15.0 Å². The number of H-pyrrole nitrogens is 1. The Hall–Kier alpha value is -2.14. The van der Waals surface area contributed by atoms with Gasteiger partial charge in [0, 0.05) is 0 Å². The standard InChI is InChI=1S/C10H17N3O2.CO2/c1-7(8-5-11-6-12-8)13-9(14)15-10(2,3)4;2-1-3/h5-7H,1-4H3,(H,11,12)(H,13,14);. The maximum absolute atomic E-state index is 11.4. The lowest BCUT2D eigenvalue weighted by Crippen LogP contribution is -2.34. The zero-order valence-electron chi connectivity index (χ0n) is 10.8. The molecule has 100 valence electrons. The molecule has 7 nitrogen and oxygen atoms in total. The third-order valence-corrected chi connectivity index (χ3v) is 1.72. The van der Waals surface area contributed by atoms with Crippen molar-refractivity contribution < 1.29 is 19.1 Å². The first kappa shape index (κ1) is 15.9. The SMILES string of the molecule is CC(NC(=O)OC(C)(C)C)c1cnc[nH]1.O=C=O. The first-order chi connectivity index (χ1) is 8.30. The lowest BCUT2D eigenvalue weighted by molar-refractivity contribution is -0.191. The summed E-state index contributed by atoms with van der Waals surface area (Å²) in [6.07, 6.45) is 3.06. The van der Waals surface area contributed by atoms with Gasteiger partial charge in [0.05, 0.1) is 24.3 Å². The van der Waals surface area contributed by atoms with Crippen molar-refractivity contribution in [3.63, 3.8) is 0 Å². The number of rotatable bonds is 2. The molecule has 1 heterocycles. The van der Waals surface area contributed by atoms with Crippen LogP contribution < -0.4 is 5.32 Å². The summed E-state index contributed by atoms with van der Waals surface area (Å²) < 4.78 is 5.12. The number of hydrogen-bond acceptors (Lipinski definition) is 5. The molecule has 0 aliphatic carbocycles. The Kier molecular flexibility index (Phi) is 6.38. The Morgan fingerprint density at radius 1 is 1.50 bits per heavy atom. The smallest absolute Gasteiger partial charge is 0.408 e. The average Bonchev–Trinajstić information content (AvgIpc) is 2.67. The number of imidazole rings is 1. The van der Waals surface area contributed by atoms with Gasteiger partial charge >= 0.3 is 12.2 Å².